The van der Waals surface area contributed by atoms with Crippen molar-refractivity contribution < 1.29 is 34.4 Å². The highest BCUT2D eigenvalue weighted by Crippen LogP contribution is 2.08. The Balaban J connectivity index is 0.000000384. The lowest BCUT2D eigenvalue weighted by Gasteiger charge is -2.13. The molecule has 0 fully saturated rings. The minimum absolute atomic E-state index is 0.198. The molecule has 3 N–H and O–H groups in total. The van der Waals surface area contributed by atoms with Gasteiger partial charge in [-0.2, -0.15) is 0 Å². The third-order valence-corrected chi connectivity index (χ3v) is 2.38. The van der Waals surface area contributed by atoms with Crippen LogP contribution in [0.2, 0.25) is 0 Å². The van der Waals surface area contributed by atoms with Crippen molar-refractivity contribution in [3.63, 3.8) is 0 Å². The van der Waals surface area contributed by atoms with Crippen molar-refractivity contribution in [2.75, 3.05) is 7.11 Å². The minimum atomic E-state index is -2.16. The lowest BCUT2D eigenvalue weighted by Crippen LogP contribution is -2.37. The Morgan fingerprint density at radius 3 is 2.00 bits per heavy atom. The van der Waals surface area contributed by atoms with Gasteiger partial charge in [0.25, 0.3) is 0 Å². The number of methoxy groups -OCH3 is 1. The van der Waals surface area contributed by atoms with E-state index in [0.717, 1.165) is 12.5 Å². The highest BCUT2D eigenvalue weighted by atomic mass is 16.5. The van der Waals surface area contributed by atoms with Crippen molar-refractivity contribution in [2.24, 2.45) is 0 Å². The number of esters is 1. The van der Waals surface area contributed by atoms with Gasteiger partial charge in [-0.1, -0.05) is 30.3 Å². The molecule has 0 spiro atoms. The van der Waals surface area contributed by atoms with E-state index in [2.05, 4.69) is 4.74 Å². The van der Waals surface area contributed by atoms with Crippen molar-refractivity contribution in [1.29, 1.82) is 0 Å². The summed E-state index contributed by atoms with van der Waals surface area (Å²) in [6.45, 7) is 0.934. The summed E-state index contributed by atoms with van der Waals surface area (Å²) in [4.78, 5) is 30.7. The highest BCUT2D eigenvalue weighted by molar-refractivity contribution is 5.83. The predicted molar refractivity (Wildman–Crippen MR) is 72.7 cm³/mol. The molecule has 1 rings (SSSR count). The number of rotatable bonds is 5. The Bertz CT molecular complexity index is 479. The molecular weight excluding hydrogens is 280 g/mol. The molecule has 7 nitrogen and oxygen atoms in total. The highest BCUT2D eigenvalue weighted by Gasteiger charge is 2.32. The molecule has 21 heavy (non-hydrogen) atoms. The van der Waals surface area contributed by atoms with E-state index in [-0.39, 0.29) is 5.97 Å². The summed E-state index contributed by atoms with van der Waals surface area (Å²) in [7, 11) is 1.39. The number of benzene rings is 1. The molecule has 7 heteroatoms. The van der Waals surface area contributed by atoms with Gasteiger partial charge in [0.2, 0.25) is 0 Å². The topological polar surface area (TPSA) is 121 Å². The molecule has 0 bridgehead atoms. The van der Waals surface area contributed by atoms with Crippen LogP contribution in [0.4, 0.5) is 0 Å². The quantitative estimate of drug-likeness (QED) is 0.684. The van der Waals surface area contributed by atoms with E-state index in [1.807, 2.05) is 30.3 Å². The van der Waals surface area contributed by atoms with Crippen molar-refractivity contribution in [3.05, 3.63) is 35.9 Å². The van der Waals surface area contributed by atoms with Gasteiger partial charge in [0.15, 0.2) is 5.60 Å². The van der Waals surface area contributed by atoms with Crippen LogP contribution < -0.4 is 0 Å². The second-order valence-corrected chi connectivity index (χ2v) is 4.39. The lowest BCUT2D eigenvalue weighted by atomic mass is 10.0. The number of carbonyl (C=O) groups is 3. The lowest BCUT2D eigenvalue weighted by molar-refractivity contribution is -0.163. The van der Waals surface area contributed by atoms with Gasteiger partial charge in [0, 0.05) is 0 Å². The van der Waals surface area contributed by atoms with Gasteiger partial charge in [0.05, 0.1) is 20.0 Å². The van der Waals surface area contributed by atoms with Crippen LogP contribution in [-0.4, -0.2) is 45.9 Å². The zero-order chi connectivity index (χ0) is 16.5. The molecule has 1 unspecified atom stereocenters. The maximum Gasteiger partial charge on any atom is 0.335 e. The second kappa shape index (κ2) is 8.70. The molecule has 0 saturated carbocycles. The third kappa shape index (κ3) is 8.38. The SMILES string of the molecule is CC(O)(CC(=O)O)C(=O)O.COC(=O)Cc1ccccc1. The number of hydrogen-bond acceptors (Lipinski definition) is 5. The number of ether oxygens (including phenoxy) is 1. The smallest absolute Gasteiger partial charge is 0.335 e. The Morgan fingerprint density at radius 1 is 1.14 bits per heavy atom. The van der Waals surface area contributed by atoms with Gasteiger partial charge in [-0.15, -0.1) is 0 Å². The van der Waals surface area contributed by atoms with Gasteiger partial charge < -0.3 is 20.1 Å². The molecule has 0 aromatic heterocycles. The van der Waals surface area contributed by atoms with Crippen LogP contribution in [0.25, 0.3) is 0 Å². The first-order valence-corrected chi connectivity index (χ1v) is 5.97. The first kappa shape index (κ1) is 18.6. The molecule has 1 atom stereocenters. The summed E-state index contributed by atoms with van der Waals surface area (Å²) in [6.07, 6.45) is -0.431. The van der Waals surface area contributed by atoms with Crippen molar-refractivity contribution in [3.8, 4) is 0 Å². The number of carbonyl (C=O) groups excluding carboxylic acids is 1. The monoisotopic (exact) mass is 298 g/mol. The summed E-state index contributed by atoms with van der Waals surface area (Å²) >= 11 is 0. The van der Waals surface area contributed by atoms with Crippen LogP contribution in [0, 0.1) is 0 Å². The summed E-state index contributed by atoms with van der Waals surface area (Å²) in [5, 5.41) is 25.0. The standard InChI is InChI=1S/C9H10O2.C5H8O5/c1-11-9(10)7-8-5-3-2-4-6-8;1-5(10,4(8)9)2-3(6)7/h2-6H,7H2,1H3;10H,2H2,1H3,(H,6,7)(H,8,9). The summed E-state index contributed by atoms with van der Waals surface area (Å²) in [5.41, 5.74) is -1.18. The Morgan fingerprint density at radius 2 is 1.67 bits per heavy atom. The van der Waals surface area contributed by atoms with E-state index >= 15 is 0 Å². The number of aliphatic hydroxyl groups is 1. The first-order chi connectivity index (χ1) is 9.69. The number of aliphatic carboxylic acids is 2. The molecule has 1 aromatic carbocycles. The van der Waals surface area contributed by atoms with Crippen LogP contribution in [0.15, 0.2) is 30.3 Å². The van der Waals surface area contributed by atoms with Gasteiger partial charge in [-0.25, -0.2) is 4.79 Å². The van der Waals surface area contributed by atoms with E-state index in [1.54, 1.807) is 0 Å². The summed E-state index contributed by atoms with van der Waals surface area (Å²) in [5.74, 6) is -3.07. The molecular formula is C14H18O7. The van der Waals surface area contributed by atoms with Crippen LogP contribution in [0.3, 0.4) is 0 Å². The second-order valence-electron chi connectivity index (χ2n) is 4.39. The zero-order valence-corrected chi connectivity index (χ0v) is 11.8. The van der Waals surface area contributed by atoms with Crippen molar-refractivity contribution in [2.45, 2.75) is 25.4 Å². The van der Waals surface area contributed by atoms with Crippen LogP contribution >= 0.6 is 0 Å². The molecule has 116 valence electrons. The molecule has 1 aromatic rings. The Kier molecular flexibility index (Phi) is 7.70. The fourth-order valence-corrected chi connectivity index (χ4v) is 1.20. The van der Waals surface area contributed by atoms with Crippen LogP contribution in [-0.2, 0) is 25.5 Å². The Labute approximate surface area is 121 Å². The van der Waals surface area contributed by atoms with E-state index in [9.17, 15) is 14.4 Å². The fourth-order valence-electron chi connectivity index (χ4n) is 1.20. The van der Waals surface area contributed by atoms with Gasteiger partial charge in [-0.3, -0.25) is 9.59 Å². The average Bonchev–Trinajstić information content (AvgIpc) is 2.39. The largest absolute Gasteiger partial charge is 0.481 e. The van der Waals surface area contributed by atoms with Crippen LogP contribution in [0.5, 0.6) is 0 Å². The minimum Gasteiger partial charge on any atom is -0.481 e. The molecule has 0 amide bonds. The molecule has 0 saturated heterocycles. The molecule has 0 aliphatic heterocycles. The predicted octanol–water partition coefficient (Wildman–Crippen LogP) is 0.699. The zero-order valence-electron chi connectivity index (χ0n) is 11.8. The van der Waals surface area contributed by atoms with Crippen molar-refractivity contribution >= 4 is 17.9 Å². The van der Waals surface area contributed by atoms with E-state index < -0.39 is 24.0 Å². The maximum absolute atomic E-state index is 10.8. The molecule has 0 aliphatic rings. The maximum atomic E-state index is 10.8. The first-order valence-electron chi connectivity index (χ1n) is 5.97. The van der Waals surface area contributed by atoms with Crippen molar-refractivity contribution in [1.82, 2.24) is 0 Å². The third-order valence-electron chi connectivity index (χ3n) is 2.38. The number of hydrogen-bond donors (Lipinski definition) is 3. The molecule has 0 aliphatic carbocycles. The van der Waals surface area contributed by atoms with E-state index in [0.29, 0.717) is 6.42 Å². The molecule has 0 heterocycles. The normalized spacial score (nSPS) is 12.3. The van der Waals surface area contributed by atoms with E-state index in [4.69, 9.17) is 15.3 Å². The summed E-state index contributed by atoms with van der Waals surface area (Å²) < 4.78 is 4.52. The Hall–Kier alpha value is -2.41. The van der Waals surface area contributed by atoms with Gasteiger partial charge in [0.1, 0.15) is 0 Å². The fraction of sp³-hybridized carbons (Fsp3) is 0.357. The van der Waals surface area contributed by atoms with Gasteiger partial charge in [-0.05, 0) is 12.5 Å². The van der Waals surface area contributed by atoms with Gasteiger partial charge >= 0.3 is 17.9 Å². The van der Waals surface area contributed by atoms with Crippen LogP contribution in [0.1, 0.15) is 18.9 Å². The summed E-state index contributed by atoms with van der Waals surface area (Å²) in [6, 6.07) is 9.52. The average molecular weight is 298 g/mol. The molecule has 0 radical (unpaired) electrons. The number of carboxylic acid groups (broad SMARTS) is 2. The van der Waals surface area contributed by atoms with E-state index in [1.165, 1.54) is 7.11 Å². The number of carboxylic acids is 2.